The minimum atomic E-state index is -0.664. The predicted octanol–water partition coefficient (Wildman–Crippen LogP) is 2.77. The highest BCUT2D eigenvalue weighted by Gasteiger charge is 2.44. The number of phenolic OH excluding ortho intramolecular Hbond substituents is 1. The summed E-state index contributed by atoms with van der Waals surface area (Å²) in [7, 11) is 1.51. The lowest BCUT2D eigenvalue weighted by molar-refractivity contribution is -0.00583. The highest BCUT2D eigenvalue weighted by Crippen LogP contribution is 2.41. The minimum absolute atomic E-state index is 0.0123. The summed E-state index contributed by atoms with van der Waals surface area (Å²) in [6.45, 7) is 0.818. The van der Waals surface area contributed by atoms with Crippen LogP contribution in [-0.2, 0) is 0 Å². The number of aromatic hydroxyl groups is 1. The Balaban J connectivity index is 1.21. The number of likely N-dealkylation sites (tertiary alicyclic amines) is 1. The minimum Gasteiger partial charge on any atom is -0.506 e. The van der Waals surface area contributed by atoms with E-state index in [4.69, 9.17) is 9.47 Å². The van der Waals surface area contributed by atoms with Crippen LogP contribution in [-0.4, -0.2) is 73.1 Å². The number of ketones is 1. The third kappa shape index (κ3) is 3.60. The Morgan fingerprint density at radius 3 is 2.78 bits per heavy atom. The molecule has 1 saturated heterocycles. The number of methoxy groups -OCH3 is 1. The average Bonchev–Trinajstić information content (AvgIpc) is 3.43. The number of rotatable bonds is 3. The van der Waals surface area contributed by atoms with Gasteiger partial charge in [0.1, 0.15) is 34.1 Å². The first kappa shape index (κ1) is 22.0. The van der Waals surface area contributed by atoms with E-state index in [1.54, 1.807) is 41.3 Å². The lowest BCUT2D eigenvalue weighted by atomic mass is 9.82. The van der Waals surface area contributed by atoms with Gasteiger partial charge in [-0.25, -0.2) is 10.1 Å². The van der Waals surface area contributed by atoms with Gasteiger partial charge >= 0.3 is 0 Å². The lowest BCUT2D eigenvalue weighted by Gasteiger charge is -2.43. The van der Waals surface area contributed by atoms with Gasteiger partial charge in [0.25, 0.3) is 5.91 Å². The molecule has 0 bridgehead atoms. The largest absolute Gasteiger partial charge is 0.506 e. The van der Waals surface area contributed by atoms with Gasteiger partial charge in [-0.1, -0.05) is 6.07 Å². The Hall–Kier alpha value is -4.54. The molecule has 2 N–H and O–H groups in total. The third-order valence-corrected chi connectivity index (χ3v) is 6.89. The maximum atomic E-state index is 13.3. The number of tetrazole rings is 1. The molecule has 4 heterocycles. The number of H-pyrrole nitrogens is 1. The molecule has 0 aliphatic carbocycles. The number of ether oxygens (including phenoxy) is 2. The van der Waals surface area contributed by atoms with Crippen LogP contribution in [0.2, 0.25) is 0 Å². The van der Waals surface area contributed by atoms with Crippen molar-refractivity contribution in [2.45, 2.75) is 24.9 Å². The fourth-order valence-electron chi connectivity index (χ4n) is 4.96. The molecule has 1 fully saturated rings. The van der Waals surface area contributed by atoms with Crippen molar-refractivity contribution in [2.24, 2.45) is 0 Å². The zero-order valence-electron chi connectivity index (χ0n) is 19.4. The van der Waals surface area contributed by atoms with E-state index in [0.29, 0.717) is 65.3 Å². The number of nitrogens with zero attached hydrogens (tertiary/aromatic N) is 5. The fourth-order valence-corrected chi connectivity index (χ4v) is 4.96. The molecule has 1 amide bonds. The summed E-state index contributed by atoms with van der Waals surface area (Å²) >= 11 is 0. The van der Waals surface area contributed by atoms with E-state index in [-0.39, 0.29) is 29.6 Å². The number of benzene rings is 2. The van der Waals surface area contributed by atoms with Crippen LogP contribution in [0.4, 0.5) is 0 Å². The van der Waals surface area contributed by atoms with Crippen LogP contribution in [0, 0.1) is 0 Å². The van der Waals surface area contributed by atoms with E-state index in [9.17, 15) is 14.7 Å². The maximum absolute atomic E-state index is 13.3. The second-order valence-electron chi connectivity index (χ2n) is 9.02. The number of hydrogen-bond acceptors (Lipinski definition) is 9. The van der Waals surface area contributed by atoms with Crippen LogP contribution in [0.5, 0.6) is 17.2 Å². The van der Waals surface area contributed by atoms with Crippen LogP contribution in [0.3, 0.4) is 0 Å². The number of hydrogen-bond donors (Lipinski definition) is 2. The Bertz CT molecular complexity index is 1490. The number of para-hydroxylation sites is 1. The molecule has 36 heavy (non-hydrogen) atoms. The Morgan fingerprint density at radius 2 is 2.03 bits per heavy atom. The molecular weight excluding hydrogens is 464 g/mol. The summed E-state index contributed by atoms with van der Waals surface area (Å²) in [4.78, 5) is 32.5. The second kappa shape index (κ2) is 8.29. The second-order valence-corrected chi connectivity index (χ2v) is 9.02. The number of carbonyl (C=O) groups excluding carboxylic acids is 2. The van der Waals surface area contributed by atoms with Gasteiger partial charge in [-0.05, 0) is 40.8 Å². The van der Waals surface area contributed by atoms with Crippen molar-refractivity contribution in [2.75, 3.05) is 20.2 Å². The van der Waals surface area contributed by atoms with Gasteiger partial charge in [0.15, 0.2) is 11.6 Å². The number of fused-ring (bicyclic) bond motifs is 2. The summed E-state index contributed by atoms with van der Waals surface area (Å²) < 4.78 is 11.8. The van der Waals surface area contributed by atoms with Crippen molar-refractivity contribution in [1.29, 1.82) is 0 Å². The van der Waals surface area contributed by atoms with Crippen molar-refractivity contribution in [3.63, 3.8) is 0 Å². The first-order valence-corrected chi connectivity index (χ1v) is 11.5. The van der Waals surface area contributed by atoms with E-state index in [1.165, 1.54) is 13.2 Å². The smallest absolute Gasteiger partial charge is 0.272 e. The van der Waals surface area contributed by atoms with Gasteiger partial charge in [0, 0.05) is 42.9 Å². The van der Waals surface area contributed by atoms with Gasteiger partial charge in [0.05, 0.1) is 19.1 Å². The molecule has 2 aliphatic heterocycles. The number of pyridine rings is 1. The molecule has 0 radical (unpaired) electrons. The normalized spacial score (nSPS) is 16.6. The first-order valence-electron chi connectivity index (χ1n) is 11.5. The first-order chi connectivity index (χ1) is 17.5. The number of Topliss-reactive ketones (excluding diaryl/α,β-unsaturated/α-hetero) is 1. The summed E-state index contributed by atoms with van der Waals surface area (Å²) in [5.41, 5.74) is 1.05. The molecule has 2 aromatic heterocycles. The van der Waals surface area contributed by atoms with E-state index >= 15 is 0 Å². The SMILES string of the molecule is COc1cc(C(=O)N2CCC3(CC2)CC(=O)c2cc(-c4nnn[nH]4)ccc2O3)nc2c(O)cccc12. The highest BCUT2D eigenvalue weighted by molar-refractivity contribution is 6.01. The number of aromatic amines is 1. The van der Waals surface area contributed by atoms with Crippen LogP contribution in [0.1, 0.15) is 40.1 Å². The molecule has 4 aromatic rings. The number of carbonyl (C=O) groups is 2. The number of piperidine rings is 1. The van der Waals surface area contributed by atoms with Crippen LogP contribution in [0.25, 0.3) is 22.3 Å². The van der Waals surface area contributed by atoms with Crippen molar-refractivity contribution in [3.05, 3.63) is 53.7 Å². The number of nitrogens with one attached hydrogen (secondary N) is 1. The quantitative estimate of drug-likeness (QED) is 0.447. The summed E-state index contributed by atoms with van der Waals surface area (Å²) in [5.74, 6) is 1.17. The van der Waals surface area contributed by atoms with E-state index in [0.717, 1.165) is 0 Å². The Labute approximate surface area is 205 Å². The third-order valence-electron chi connectivity index (χ3n) is 6.89. The lowest BCUT2D eigenvalue weighted by Crippen LogP contribution is -2.52. The van der Waals surface area contributed by atoms with Crippen molar-refractivity contribution in [3.8, 4) is 28.6 Å². The zero-order valence-corrected chi connectivity index (χ0v) is 19.4. The van der Waals surface area contributed by atoms with Crippen molar-refractivity contribution >= 4 is 22.6 Å². The van der Waals surface area contributed by atoms with Gasteiger partial charge in [0.2, 0.25) is 0 Å². The predicted molar refractivity (Wildman–Crippen MR) is 127 cm³/mol. The molecule has 182 valence electrons. The molecule has 2 aromatic carbocycles. The topological polar surface area (TPSA) is 143 Å². The molecule has 2 aliphatic rings. The molecular formula is C25H22N6O5. The van der Waals surface area contributed by atoms with E-state index in [2.05, 4.69) is 25.6 Å². The standard InChI is InChI=1S/C25H22N6O5/c1-35-21-12-17(26-22-15(21)3-2-4-18(22)32)24(34)31-9-7-25(8-10-31)13-19(33)16-11-14(5-6-20(16)36-25)23-27-29-30-28-23/h2-6,11-12,32H,7-10,13H2,1H3,(H,27,28,29,30). The summed E-state index contributed by atoms with van der Waals surface area (Å²) in [6, 6.07) is 11.9. The average molecular weight is 486 g/mol. The molecule has 0 atom stereocenters. The number of aromatic nitrogens is 5. The molecule has 11 heteroatoms. The number of amides is 1. The Kier molecular flexibility index (Phi) is 5.06. The molecule has 0 saturated carbocycles. The van der Waals surface area contributed by atoms with Crippen molar-refractivity contribution in [1.82, 2.24) is 30.5 Å². The molecule has 1 spiro atoms. The zero-order chi connectivity index (χ0) is 24.9. The van der Waals surface area contributed by atoms with E-state index < -0.39 is 5.60 Å². The monoisotopic (exact) mass is 486 g/mol. The van der Waals surface area contributed by atoms with Gasteiger partial charge < -0.3 is 19.5 Å². The molecule has 0 unspecified atom stereocenters. The summed E-state index contributed by atoms with van der Waals surface area (Å²) in [5, 5.41) is 24.6. The molecule has 11 nitrogen and oxygen atoms in total. The van der Waals surface area contributed by atoms with E-state index in [1.807, 2.05) is 0 Å². The highest BCUT2D eigenvalue weighted by atomic mass is 16.5. The maximum Gasteiger partial charge on any atom is 0.272 e. The fraction of sp³-hybridized carbons (Fsp3) is 0.280. The van der Waals surface area contributed by atoms with Crippen LogP contribution in [0.15, 0.2) is 42.5 Å². The van der Waals surface area contributed by atoms with Crippen LogP contribution >= 0.6 is 0 Å². The van der Waals surface area contributed by atoms with Gasteiger partial charge in [-0.15, -0.1) is 5.10 Å². The summed E-state index contributed by atoms with van der Waals surface area (Å²) in [6.07, 6.45) is 1.25. The number of phenols is 1. The molecule has 6 rings (SSSR count). The van der Waals surface area contributed by atoms with Gasteiger partial charge in [-0.2, -0.15) is 0 Å². The van der Waals surface area contributed by atoms with Crippen LogP contribution < -0.4 is 9.47 Å². The van der Waals surface area contributed by atoms with Crippen molar-refractivity contribution < 1.29 is 24.2 Å². The van der Waals surface area contributed by atoms with Gasteiger partial charge in [-0.3, -0.25) is 9.59 Å². The Morgan fingerprint density at radius 1 is 1.19 bits per heavy atom.